The molecule has 0 spiro atoms. The van der Waals surface area contributed by atoms with E-state index in [4.69, 9.17) is 25.8 Å². The Morgan fingerprint density at radius 1 is 1.00 bits per heavy atom. The van der Waals surface area contributed by atoms with E-state index in [1.54, 1.807) is 7.11 Å². The maximum atomic E-state index is 9.61. The molecule has 0 aliphatic heterocycles. The lowest BCUT2D eigenvalue weighted by Gasteiger charge is -2.13. The zero-order chi connectivity index (χ0) is 21.3. The van der Waals surface area contributed by atoms with Crippen LogP contribution >= 0.6 is 11.6 Å². The van der Waals surface area contributed by atoms with Crippen molar-refractivity contribution in [3.8, 4) is 23.3 Å². The second-order valence-corrected chi connectivity index (χ2v) is 6.82. The molecule has 3 rings (SSSR count). The van der Waals surface area contributed by atoms with Crippen LogP contribution < -0.4 is 14.2 Å². The Labute approximate surface area is 181 Å². The fourth-order valence-electron chi connectivity index (χ4n) is 2.89. The Hall–Kier alpha value is -3.42. The summed E-state index contributed by atoms with van der Waals surface area (Å²) in [4.78, 5) is 0. The predicted molar refractivity (Wildman–Crippen MR) is 120 cm³/mol. The van der Waals surface area contributed by atoms with E-state index in [9.17, 15) is 5.26 Å². The third-order valence-electron chi connectivity index (χ3n) is 4.44. The minimum absolute atomic E-state index is 0.338. The normalized spacial score (nSPS) is 10.9. The highest BCUT2D eigenvalue weighted by Gasteiger charge is 2.09. The van der Waals surface area contributed by atoms with Gasteiger partial charge >= 0.3 is 0 Å². The Morgan fingerprint density at radius 2 is 1.77 bits per heavy atom. The summed E-state index contributed by atoms with van der Waals surface area (Å²) in [6.45, 7) is 2.75. The maximum absolute atomic E-state index is 9.61. The van der Waals surface area contributed by atoms with Crippen LogP contribution in [0, 0.1) is 11.3 Å². The first-order chi connectivity index (χ1) is 14.6. The fourth-order valence-corrected chi connectivity index (χ4v) is 3.08. The van der Waals surface area contributed by atoms with E-state index in [1.165, 1.54) is 0 Å². The van der Waals surface area contributed by atoms with Crippen molar-refractivity contribution >= 4 is 23.3 Å². The van der Waals surface area contributed by atoms with E-state index in [0.717, 1.165) is 22.4 Å². The third kappa shape index (κ3) is 5.34. The van der Waals surface area contributed by atoms with Crippen molar-refractivity contribution in [3.05, 3.63) is 88.4 Å². The van der Waals surface area contributed by atoms with Crippen LogP contribution in [0.5, 0.6) is 17.2 Å². The van der Waals surface area contributed by atoms with Gasteiger partial charge in [-0.2, -0.15) is 5.26 Å². The minimum atomic E-state index is 0.338. The summed E-state index contributed by atoms with van der Waals surface area (Å²) in [5.41, 5.74) is 3.10. The summed E-state index contributed by atoms with van der Waals surface area (Å²) in [5.74, 6) is 1.98. The number of allylic oxidation sites excluding steroid dienone is 1. The van der Waals surface area contributed by atoms with Crippen LogP contribution in [0.3, 0.4) is 0 Å². The van der Waals surface area contributed by atoms with Gasteiger partial charge in [0, 0.05) is 10.6 Å². The van der Waals surface area contributed by atoms with Crippen molar-refractivity contribution in [1.82, 2.24) is 0 Å². The van der Waals surface area contributed by atoms with Gasteiger partial charge in [0.05, 0.1) is 25.4 Å². The number of rotatable bonds is 8. The molecule has 3 aromatic carbocycles. The number of hydrogen-bond acceptors (Lipinski definition) is 4. The van der Waals surface area contributed by atoms with Crippen molar-refractivity contribution in [2.24, 2.45) is 0 Å². The molecule has 0 aromatic heterocycles. The molecule has 0 unspecified atom stereocenters. The molecule has 30 heavy (non-hydrogen) atoms. The molecule has 4 nitrogen and oxygen atoms in total. The largest absolute Gasteiger partial charge is 0.497 e. The smallest absolute Gasteiger partial charge is 0.161 e. The molecule has 0 aliphatic rings. The maximum Gasteiger partial charge on any atom is 0.161 e. The van der Waals surface area contributed by atoms with Gasteiger partial charge in [-0.25, -0.2) is 0 Å². The molecule has 0 bridgehead atoms. The van der Waals surface area contributed by atoms with Crippen molar-refractivity contribution < 1.29 is 14.2 Å². The van der Waals surface area contributed by atoms with Crippen LogP contribution in [-0.4, -0.2) is 13.7 Å². The highest BCUT2D eigenvalue weighted by molar-refractivity contribution is 6.31. The lowest BCUT2D eigenvalue weighted by Crippen LogP contribution is -2.00. The molecule has 0 saturated heterocycles. The van der Waals surface area contributed by atoms with Gasteiger partial charge in [-0.15, -0.1) is 0 Å². The molecule has 0 radical (unpaired) electrons. The van der Waals surface area contributed by atoms with Gasteiger partial charge in [-0.3, -0.25) is 0 Å². The minimum Gasteiger partial charge on any atom is -0.497 e. The number of hydrogen-bond donors (Lipinski definition) is 0. The molecule has 0 atom stereocenters. The molecular formula is C25H22ClNO3. The highest BCUT2D eigenvalue weighted by atomic mass is 35.5. The highest BCUT2D eigenvalue weighted by Crippen LogP contribution is 2.31. The van der Waals surface area contributed by atoms with E-state index < -0.39 is 0 Å². The summed E-state index contributed by atoms with van der Waals surface area (Å²) < 4.78 is 16.9. The van der Waals surface area contributed by atoms with Crippen LogP contribution in [0.1, 0.15) is 23.6 Å². The van der Waals surface area contributed by atoms with E-state index in [2.05, 4.69) is 6.07 Å². The zero-order valence-corrected chi connectivity index (χ0v) is 17.6. The van der Waals surface area contributed by atoms with Crippen LogP contribution in [0.15, 0.2) is 66.7 Å². The van der Waals surface area contributed by atoms with Gasteiger partial charge in [0.1, 0.15) is 12.4 Å². The lowest BCUT2D eigenvalue weighted by molar-refractivity contribution is 0.269. The summed E-state index contributed by atoms with van der Waals surface area (Å²) in [5, 5.41) is 10.3. The van der Waals surface area contributed by atoms with Gasteiger partial charge in [0.2, 0.25) is 0 Å². The molecule has 0 aliphatic carbocycles. The SMILES string of the molecule is CCOc1cc(/C=C(\C#N)c2ccc(OC)cc2)ccc1OCc1ccccc1Cl. The average Bonchev–Trinajstić information content (AvgIpc) is 2.78. The second-order valence-electron chi connectivity index (χ2n) is 6.42. The van der Waals surface area contributed by atoms with Crippen LogP contribution in [0.2, 0.25) is 5.02 Å². The average molecular weight is 420 g/mol. The lowest BCUT2D eigenvalue weighted by atomic mass is 10.0. The molecule has 0 heterocycles. The number of benzene rings is 3. The van der Waals surface area contributed by atoms with Gasteiger partial charge in [-0.1, -0.05) is 35.9 Å². The second kappa shape index (κ2) is 10.4. The van der Waals surface area contributed by atoms with Crippen molar-refractivity contribution in [2.75, 3.05) is 13.7 Å². The molecule has 5 heteroatoms. The molecule has 152 valence electrons. The Morgan fingerprint density at radius 3 is 2.43 bits per heavy atom. The Balaban J connectivity index is 1.85. The van der Waals surface area contributed by atoms with Gasteiger partial charge in [0.15, 0.2) is 11.5 Å². The number of methoxy groups -OCH3 is 1. The first-order valence-electron chi connectivity index (χ1n) is 9.54. The summed E-state index contributed by atoms with van der Waals surface area (Å²) >= 11 is 6.21. The van der Waals surface area contributed by atoms with E-state index in [-0.39, 0.29) is 0 Å². The summed E-state index contributed by atoms with van der Waals surface area (Å²) in [6.07, 6.45) is 1.82. The molecule has 0 amide bonds. The number of ether oxygens (including phenoxy) is 3. The molecule has 0 N–H and O–H groups in total. The third-order valence-corrected chi connectivity index (χ3v) is 4.81. The predicted octanol–water partition coefficient (Wildman–Crippen LogP) is 6.39. The van der Waals surface area contributed by atoms with Crippen molar-refractivity contribution in [3.63, 3.8) is 0 Å². The summed E-state index contributed by atoms with van der Waals surface area (Å²) in [6, 6.07) is 22.8. The van der Waals surface area contributed by atoms with Gasteiger partial charge in [-0.05, 0) is 66.6 Å². The van der Waals surface area contributed by atoms with E-state index in [0.29, 0.717) is 35.3 Å². The number of nitriles is 1. The molecule has 3 aromatic rings. The van der Waals surface area contributed by atoms with Crippen LogP contribution in [0.25, 0.3) is 11.6 Å². The standard InChI is InChI=1S/C25H22ClNO3/c1-3-29-25-15-18(14-21(16-27)19-9-11-22(28-2)12-10-19)8-13-24(25)30-17-20-6-4-5-7-23(20)26/h4-15H,3,17H2,1-2H3/b21-14+. The van der Waals surface area contributed by atoms with Gasteiger partial charge < -0.3 is 14.2 Å². The number of nitrogens with zero attached hydrogens (tertiary/aromatic N) is 1. The molecule has 0 fully saturated rings. The zero-order valence-electron chi connectivity index (χ0n) is 16.9. The Bertz CT molecular complexity index is 1070. The number of halogens is 1. The quantitative estimate of drug-likeness (QED) is 0.313. The van der Waals surface area contributed by atoms with Crippen LogP contribution in [0.4, 0.5) is 0 Å². The van der Waals surface area contributed by atoms with Crippen molar-refractivity contribution in [1.29, 1.82) is 5.26 Å². The first kappa shape index (κ1) is 21.3. The fraction of sp³-hybridized carbons (Fsp3) is 0.160. The van der Waals surface area contributed by atoms with E-state index in [1.807, 2.05) is 79.7 Å². The van der Waals surface area contributed by atoms with Crippen LogP contribution in [-0.2, 0) is 6.61 Å². The van der Waals surface area contributed by atoms with Gasteiger partial charge in [0.25, 0.3) is 0 Å². The first-order valence-corrected chi connectivity index (χ1v) is 9.91. The van der Waals surface area contributed by atoms with Crippen molar-refractivity contribution in [2.45, 2.75) is 13.5 Å². The molecule has 0 saturated carbocycles. The molecular weight excluding hydrogens is 398 g/mol. The monoisotopic (exact) mass is 419 g/mol. The Kier molecular flexibility index (Phi) is 7.37. The summed E-state index contributed by atoms with van der Waals surface area (Å²) in [7, 11) is 1.61. The topological polar surface area (TPSA) is 51.5 Å². The van der Waals surface area contributed by atoms with E-state index >= 15 is 0 Å².